The van der Waals surface area contributed by atoms with Crippen LogP contribution in [0.1, 0.15) is 37.8 Å². The monoisotopic (exact) mass is 367 g/mol. The summed E-state index contributed by atoms with van der Waals surface area (Å²) >= 11 is 1.59. The fraction of sp³-hybridized carbons (Fsp3) is 0.529. The Labute approximate surface area is 151 Å². The number of carbonyl (C=O) groups is 1. The Bertz CT molecular complexity index is 659. The van der Waals surface area contributed by atoms with Gasteiger partial charge in [0.25, 0.3) is 0 Å². The van der Waals surface area contributed by atoms with E-state index < -0.39 is 0 Å². The van der Waals surface area contributed by atoms with Crippen LogP contribution in [0.15, 0.2) is 28.2 Å². The molecule has 2 aromatic heterocycles. The number of hydrogen-bond acceptors (Lipinski definition) is 5. The Morgan fingerprint density at radius 1 is 1.42 bits per heavy atom. The second kappa shape index (κ2) is 7.68. The first-order valence-corrected chi connectivity index (χ1v) is 9.19. The van der Waals surface area contributed by atoms with Crippen molar-refractivity contribution in [1.82, 2.24) is 15.6 Å². The molecule has 1 aliphatic carbocycles. The largest absolute Gasteiger partial charge is 0.443 e. The summed E-state index contributed by atoms with van der Waals surface area (Å²) < 4.78 is 5.48. The van der Waals surface area contributed by atoms with Gasteiger partial charge in [-0.2, -0.15) is 0 Å². The lowest BCUT2D eigenvalue weighted by atomic mass is 9.85. The molecule has 1 aliphatic heterocycles. The van der Waals surface area contributed by atoms with E-state index in [4.69, 9.17) is 4.42 Å². The second-order valence-electron chi connectivity index (χ2n) is 6.45. The van der Waals surface area contributed by atoms with Gasteiger partial charge in [-0.15, -0.1) is 23.7 Å². The molecule has 1 saturated heterocycles. The molecule has 0 radical (unpaired) electrons. The third-order valence-electron chi connectivity index (χ3n) is 4.91. The third kappa shape index (κ3) is 3.66. The summed E-state index contributed by atoms with van der Waals surface area (Å²) in [6, 6.07) is 4.43. The molecule has 24 heavy (non-hydrogen) atoms. The van der Waals surface area contributed by atoms with E-state index in [1.54, 1.807) is 17.6 Å². The number of nitrogens with one attached hydrogen (secondary N) is 2. The van der Waals surface area contributed by atoms with Crippen molar-refractivity contribution in [3.63, 3.8) is 0 Å². The molecular weight excluding hydrogens is 346 g/mol. The fourth-order valence-electron chi connectivity index (χ4n) is 3.72. The lowest BCUT2D eigenvalue weighted by molar-refractivity contribution is -0.123. The predicted molar refractivity (Wildman–Crippen MR) is 96.2 cm³/mol. The van der Waals surface area contributed by atoms with Gasteiger partial charge in [-0.3, -0.25) is 4.79 Å². The smallest absolute Gasteiger partial charge is 0.237 e. The lowest BCUT2D eigenvalue weighted by Crippen LogP contribution is -2.42. The van der Waals surface area contributed by atoms with E-state index in [1.165, 1.54) is 25.7 Å². The van der Waals surface area contributed by atoms with Crippen LogP contribution in [0.2, 0.25) is 0 Å². The summed E-state index contributed by atoms with van der Waals surface area (Å²) in [5, 5.41) is 8.48. The zero-order valence-electron chi connectivity index (χ0n) is 13.4. The number of thiophene rings is 1. The number of oxazole rings is 1. The number of amides is 1. The van der Waals surface area contributed by atoms with Crippen molar-refractivity contribution >= 4 is 29.7 Å². The van der Waals surface area contributed by atoms with E-state index in [-0.39, 0.29) is 24.4 Å². The Balaban J connectivity index is 0.00000169. The van der Waals surface area contributed by atoms with Gasteiger partial charge in [0.1, 0.15) is 6.26 Å². The van der Waals surface area contributed by atoms with Crippen LogP contribution in [0.25, 0.3) is 10.8 Å². The third-order valence-corrected chi connectivity index (χ3v) is 5.76. The van der Waals surface area contributed by atoms with Gasteiger partial charge in [0.05, 0.1) is 23.2 Å². The van der Waals surface area contributed by atoms with E-state index in [0.717, 1.165) is 17.0 Å². The number of nitrogens with zero attached hydrogens (tertiary/aromatic N) is 1. The van der Waals surface area contributed by atoms with Crippen LogP contribution in [0.4, 0.5) is 0 Å². The molecule has 1 amide bonds. The molecule has 3 heterocycles. The number of rotatable bonds is 4. The molecule has 4 rings (SSSR count). The molecule has 3 atom stereocenters. The number of halogens is 1. The first kappa shape index (κ1) is 17.5. The van der Waals surface area contributed by atoms with Crippen LogP contribution in [0.3, 0.4) is 0 Å². The first-order chi connectivity index (χ1) is 11.3. The molecular formula is C17H22ClN3O2S. The Hall–Kier alpha value is -1.37. The predicted octanol–water partition coefficient (Wildman–Crippen LogP) is 3.36. The van der Waals surface area contributed by atoms with Crippen molar-refractivity contribution in [3.8, 4) is 10.8 Å². The zero-order valence-corrected chi connectivity index (χ0v) is 15.0. The molecule has 130 valence electrons. The van der Waals surface area contributed by atoms with Crippen molar-refractivity contribution in [1.29, 1.82) is 0 Å². The SMILES string of the molecule is Cl.O=C(NCc1coc(-c2cccs2)n1)C1CC2CCCCC2N1. The maximum Gasteiger partial charge on any atom is 0.237 e. The molecule has 0 spiro atoms. The maximum absolute atomic E-state index is 12.4. The van der Waals surface area contributed by atoms with Crippen LogP contribution < -0.4 is 10.6 Å². The van der Waals surface area contributed by atoms with Gasteiger partial charge in [0.2, 0.25) is 11.8 Å². The zero-order chi connectivity index (χ0) is 15.6. The molecule has 3 unspecified atom stereocenters. The molecule has 2 N–H and O–H groups in total. The highest BCUT2D eigenvalue weighted by Gasteiger charge is 2.38. The summed E-state index contributed by atoms with van der Waals surface area (Å²) in [6.45, 7) is 0.418. The van der Waals surface area contributed by atoms with Crippen LogP contribution in [-0.4, -0.2) is 23.0 Å². The van der Waals surface area contributed by atoms with Crippen molar-refractivity contribution < 1.29 is 9.21 Å². The van der Waals surface area contributed by atoms with E-state index in [2.05, 4.69) is 15.6 Å². The number of hydrogen-bond donors (Lipinski definition) is 2. The summed E-state index contributed by atoms with van der Waals surface area (Å²) in [6.07, 6.45) is 7.65. The molecule has 5 nitrogen and oxygen atoms in total. The van der Waals surface area contributed by atoms with Gasteiger partial charge in [-0.05, 0) is 36.6 Å². The average molecular weight is 368 g/mol. The van der Waals surface area contributed by atoms with Gasteiger partial charge < -0.3 is 15.1 Å². The standard InChI is InChI=1S/C17H21N3O2S.ClH/c21-16(14-8-11-4-1-2-5-13(11)20-14)18-9-12-10-22-17(19-12)15-6-3-7-23-15;/h3,6-7,10-11,13-14,20H,1-2,4-5,8-9H2,(H,18,21);1H. The quantitative estimate of drug-likeness (QED) is 0.869. The Morgan fingerprint density at radius 2 is 2.29 bits per heavy atom. The molecule has 2 aliphatic rings. The number of carbonyl (C=O) groups excluding carboxylic acids is 1. The maximum atomic E-state index is 12.4. The average Bonchev–Trinajstić information content (AvgIpc) is 3.31. The molecule has 0 aromatic carbocycles. The van der Waals surface area contributed by atoms with Crippen LogP contribution in [0.5, 0.6) is 0 Å². The minimum atomic E-state index is -0.0493. The summed E-state index contributed by atoms with van der Waals surface area (Å²) in [5.41, 5.74) is 0.761. The van der Waals surface area contributed by atoms with Crippen LogP contribution in [-0.2, 0) is 11.3 Å². The van der Waals surface area contributed by atoms with Gasteiger partial charge in [-0.25, -0.2) is 4.98 Å². The van der Waals surface area contributed by atoms with Crippen molar-refractivity contribution in [2.45, 2.75) is 50.7 Å². The highest BCUT2D eigenvalue weighted by Crippen LogP contribution is 2.33. The highest BCUT2D eigenvalue weighted by molar-refractivity contribution is 7.13. The van der Waals surface area contributed by atoms with Crippen LogP contribution >= 0.6 is 23.7 Å². The van der Waals surface area contributed by atoms with E-state index in [1.807, 2.05) is 17.5 Å². The minimum absolute atomic E-state index is 0. The van der Waals surface area contributed by atoms with Gasteiger partial charge in [-0.1, -0.05) is 18.9 Å². The molecule has 2 fully saturated rings. The van der Waals surface area contributed by atoms with Crippen molar-refractivity contribution in [2.24, 2.45) is 5.92 Å². The van der Waals surface area contributed by atoms with Crippen LogP contribution in [0, 0.1) is 5.92 Å². The second-order valence-corrected chi connectivity index (χ2v) is 7.39. The van der Waals surface area contributed by atoms with Gasteiger partial charge in [0, 0.05) is 6.04 Å². The topological polar surface area (TPSA) is 67.2 Å². The van der Waals surface area contributed by atoms with E-state index in [0.29, 0.717) is 24.4 Å². The van der Waals surface area contributed by atoms with Gasteiger partial charge >= 0.3 is 0 Å². The van der Waals surface area contributed by atoms with Crippen molar-refractivity contribution in [2.75, 3.05) is 0 Å². The highest BCUT2D eigenvalue weighted by atomic mass is 35.5. The summed E-state index contributed by atoms with van der Waals surface area (Å²) in [5.74, 6) is 1.38. The number of aromatic nitrogens is 1. The fourth-order valence-corrected chi connectivity index (χ4v) is 4.38. The van der Waals surface area contributed by atoms with Gasteiger partial charge in [0.15, 0.2) is 0 Å². The molecule has 7 heteroatoms. The molecule has 0 bridgehead atoms. The summed E-state index contributed by atoms with van der Waals surface area (Å²) in [7, 11) is 0. The summed E-state index contributed by atoms with van der Waals surface area (Å²) in [4.78, 5) is 17.8. The molecule has 1 saturated carbocycles. The number of fused-ring (bicyclic) bond motifs is 1. The minimum Gasteiger partial charge on any atom is -0.443 e. The molecule has 2 aromatic rings. The Morgan fingerprint density at radius 3 is 3.08 bits per heavy atom. The first-order valence-electron chi connectivity index (χ1n) is 8.31. The Kier molecular flexibility index (Phi) is 5.58. The van der Waals surface area contributed by atoms with Crippen molar-refractivity contribution in [3.05, 3.63) is 29.5 Å². The normalized spacial score (nSPS) is 25.8. The van der Waals surface area contributed by atoms with E-state index in [9.17, 15) is 4.79 Å². The lowest BCUT2D eigenvalue weighted by Gasteiger charge is -2.24. The van der Waals surface area contributed by atoms with E-state index >= 15 is 0 Å².